The molecule has 0 bridgehead atoms. The van der Waals surface area contributed by atoms with Crippen LogP contribution in [-0.4, -0.2) is 74.1 Å². The van der Waals surface area contributed by atoms with E-state index in [1.54, 1.807) is 0 Å². The molecule has 0 spiro atoms. The van der Waals surface area contributed by atoms with Gasteiger partial charge in [0.2, 0.25) is 5.91 Å². The van der Waals surface area contributed by atoms with Gasteiger partial charge in [0.05, 0.1) is 5.54 Å². The number of likely N-dealkylation sites (N-methyl/N-ethyl adjacent to an activating group) is 1. The highest BCUT2D eigenvalue weighted by molar-refractivity contribution is 5.86. The molecule has 5 heteroatoms. The molecule has 18 heavy (non-hydrogen) atoms. The molecular weight excluding hydrogens is 228 g/mol. The molecule has 2 rings (SSSR count). The van der Waals surface area contributed by atoms with E-state index in [9.17, 15) is 4.79 Å². The zero-order valence-electron chi connectivity index (χ0n) is 11.7. The Labute approximate surface area is 110 Å². The van der Waals surface area contributed by atoms with Gasteiger partial charge in [-0.05, 0) is 33.4 Å². The number of carbonyl (C=O) groups excluding carboxylic acids is 1. The second-order valence-electron chi connectivity index (χ2n) is 5.76. The third-order valence-electron chi connectivity index (χ3n) is 4.18. The lowest BCUT2D eigenvalue weighted by Gasteiger charge is -2.32. The predicted octanol–water partition coefficient (Wildman–Crippen LogP) is -0.508. The molecule has 1 atom stereocenters. The Hall–Kier alpha value is -0.650. The third-order valence-corrected chi connectivity index (χ3v) is 4.18. The van der Waals surface area contributed by atoms with Crippen molar-refractivity contribution in [2.24, 2.45) is 0 Å². The van der Waals surface area contributed by atoms with Gasteiger partial charge in [-0.3, -0.25) is 9.69 Å². The van der Waals surface area contributed by atoms with Crippen LogP contribution in [0.3, 0.4) is 0 Å². The summed E-state index contributed by atoms with van der Waals surface area (Å²) in [4.78, 5) is 16.8. The van der Waals surface area contributed by atoms with Gasteiger partial charge in [0.15, 0.2) is 0 Å². The van der Waals surface area contributed by atoms with Crippen molar-refractivity contribution in [3.05, 3.63) is 0 Å². The standard InChI is InChI=1S/C13H26N4O/c1-13(4-3-5-15-13)12(18)14-6-7-17-10-8-16(2)9-11-17/h15H,3-11H2,1-2H3,(H,14,18). The molecule has 0 radical (unpaired) electrons. The molecule has 2 aliphatic rings. The monoisotopic (exact) mass is 254 g/mol. The second-order valence-corrected chi connectivity index (χ2v) is 5.76. The predicted molar refractivity (Wildman–Crippen MR) is 72.6 cm³/mol. The second kappa shape index (κ2) is 5.99. The molecule has 0 saturated carbocycles. The largest absolute Gasteiger partial charge is 0.353 e. The van der Waals surface area contributed by atoms with Crippen molar-refractivity contribution in [1.82, 2.24) is 20.4 Å². The highest BCUT2D eigenvalue weighted by Crippen LogP contribution is 2.18. The summed E-state index contributed by atoms with van der Waals surface area (Å²) in [6, 6.07) is 0. The smallest absolute Gasteiger partial charge is 0.240 e. The topological polar surface area (TPSA) is 47.6 Å². The average molecular weight is 254 g/mol. The number of nitrogens with zero attached hydrogens (tertiary/aromatic N) is 2. The number of carbonyl (C=O) groups is 1. The summed E-state index contributed by atoms with van der Waals surface area (Å²) < 4.78 is 0. The van der Waals surface area contributed by atoms with E-state index in [0.717, 1.165) is 58.7 Å². The molecule has 104 valence electrons. The minimum Gasteiger partial charge on any atom is -0.353 e. The molecular formula is C13H26N4O. The Bertz CT molecular complexity index is 281. The van der Waals surface area contributed by atoms with Crippen LogP contribution in [0.5, 0.6) is 0 Å². The Balaban J connectivity index is 1.64. The SMILES string of the molecule is CN1CCN(CCNC(=O)C2(C)CCCN2)CC1. The third kappa shape index (κ3) is 3.43. The maximum atomic E-state index is 12.1. The zero-order valence-corrected chi connectivity index (χ0v) is 11.7. The van der Waals surface area contributed by atoms with Gasteiger partial charge in [0.25, 0.3) is 0 Å². The maximum Gasteiger partial charge on any atom is 0.240 e. The van der Waals surface area contributed by atoms with Gasteiger partial charge in [-0.15, -0.1) is 0 Å². The molecule has 5 nitrogen and oxygen atoms in total. The minimum atomic E-state index is -0.331. The van der Waals surface area contributed by atoms with Crippen molar-refractivity contribution < 1.29 is 4.79 Å². The highest BCUT2D eigenvalue weighted by Gasteiger charge is 2.35. The van der Waals surface area contributed by atoms with Crippen LogP contribution in [0.15, 0.2) is 0 Å². The van der Waals surface area contributed by atoms with Crippen molar-refractivity contribution >= 4 is 5.91 Å². The van der Waals surface area contributed by atoms with Crippen LogP contribution in [0.25, 0.3) is 0 Å². The van der Waals surface area contributed by atoms with Crippen molar-refractivity contribution in [3.63, 3.8) is 0 Å². The van der Waals surface area contributed by atoms with Crippen molar-refractivity contribution in [1.29, 1.82) is 0 Å². The normalized spacial score (nSPS) is 30.6. The van der Waals surface area contributed by atoms with Crippen LogP contribution in [0.1, 0.15) is 19.8 Å². The summed E-state index contributed by atoms with van der Waals surface area (Å²) in [5, 5.41) is 6.36. The van der Waals surface area contributed by atoms with Gasteiger partial charge in [-0.1, -0.05) is 0 Å². The number of nitrogens with one attached hydrogen (secondary N) is 2. The van der Waals surface area contributed by atoms with Crippen LogP contribution in [0, 0.1) is 0 Å². The molecule has 0 aromatic carbocycles. The Morgan fingerprint density at radius 2 is 2.06 bits per heavy atom. The molecule has 2 heterocycles. The summed E-state index contributed by atoms with van der Waals surface area (Å²) in [6.45, 7) is 9.19. The first-order chi connectivity index (χ1) is 8.60. The quantitative estimate of drug-likeness (QED) is 0.709. The molecule has 2 fully saturated rings. The summed E-state index contributed by atoms with van der Waals surface area (Å²) in [6.07, 6.45) is 2.05. The van der Waals surface area contributed by atoms with E-state index < -0.39 is 0 Å². The van der Waals surface area contributed by atoms with Gasteiger partial charge in [0.1, 0.15) is 0 Å². The first-order valence-corrected chi connectivity index (χ1v) is 7.04. The summed E-state index contributed by atoms with van der Waals surface area (Å²) in [7, 11) is 2.16. The van der Waals surface area contributed by atoms with E-state index in [-0.39, 0.29) is 11.4 Å². The van der Waals surface area contributed by atoms with Crippen LogP contribution in [0.4, 0.5) is 0 Å². The lowest BCUT2D eigenvalue weighted by molar-refractivity contribution is -0.126. The minimum absolute atomic E-state index is 0.161. The van der Waals surface area contributed by atoms with Gasteiger partial charge in [-0.2, -0.15) is 0 Å². The van der Waals surface area contributed by atoms with Crippen molar-refractivity contribution in [2.75, 3.05) is 52.9 Å². The fourth-order valence-corrected chi connectivity index (χ4v) is 2.68. The van der Waals surface area contributed by atoms with Gasteiger partial charge in [0, 0.05) is 39.3 Å². The zero-order chi connectivity index (χ0) is 13.0. The summed E-state index contributed by atoms with van der Waals surface area (Å²) in [5.74, 6) is 0.161. The molecule has 0 aromatic rings. The number of piperazine rings is 1. The van der Waals surface area contributed by atoms with Crippen molar-refractivity contribution in [2.45, 2.75) is 25.3 Å². The van der Waals surface area contributed by atoms with Crippen LogP contribution in [0.2, 0.25) is 0 Å². The Morgan fingerprint density at radius 1 is 1.33 bits per heavy atom. The Morgan fingerprint density at radius 3 is 2.67 bits per heavy atom. The highest BCUT2D eigenvalue weighted by atomic mass is 16.2. The molecule has 0 aliphatic carbocycles. The number of hydrogen-bond acceptors (Lipinski definition) is 4. The van der Waals surface area contributed by atoms with Gasteiger partial charge >= 0.3 is 0 Å². The lowest BCUT2D eigenvalue weighted by atomic mass is 9.99. The van der Waals surface area contributed by atoms with Crippen LogP contribution in [-0.2, 0) is 4.79 Å². The van der Waals surface area contributed by atoms with E-state index in [1.807, 2.05) is 6.92 Å². The van der Waals surface area contributed by atoms with Gasteiger partial charge < -0.3 is 15.5 Å². The molecule has 2 saturated heterocycles. The first-order valence-electron chi connectivity index (χ1n) is 7.04. The average Bonchev–Trinajstić information content (AvgIpc) is 2.80. The van der Waals surface area contributed by atoms with E-state index in [0.29, 0.717) is 0 Å². The fourth-order valence-electron chi connectivity index (χ4n) is 2.68. The summed E-state index contributed by atoms with van der Waals surface area (Å²) >= 11 is 0. The number of amides is 1. The molecule has 2 N–H and O–H groups in total. The van der Waals surface area contributed by atoms with E-state index in [4.69, 9.17) is 0 Å². The van der Waals surface area contributed by atoms with E-state index in [2.05, 4.69) is 27.5 Å². The van der Waals surface area contributed by atoms with E-state index >= 15 is 0 Å². The van der Waals surface area contributed by atoms with Gasteiger partial charge in [-0.25, -0.2) is 0 Å². The van der Waals surface area contributed by atoms with Crippen molar-refractivity contribution in [3.8, 4) is 0 Å². The number of hydrogen-bond donors (Lipinski definition) is 2. The molecule has 1 amide bonds. The molecule has 0 aromatic heterocycles. The lowest BCUT2D eigenvalue weighted by Crippen LogP contribution is -2.53. The van der Waals surface area contributed by atoms with Crippen LogP contribution < -0.4 is 10.6 Å². The van der Waals surface area contributed by atoms with Crippen LogP contribution >= 0.6 is 0 Å². The summed E-state index contributed by atoms with van der Waals surface area (Å²) in [5.41, 5.74) is -0.331. The molecule has 1 unspecified atom stereocenters. The maximum absolute atomic E-state index is 12.1. The first kappa shape index (κ1) is 13.8. The Kier molecular flexibility index (Phi) is 4.59. The fraction of sp³-hybridized carbons (Fsp3) is 0.923. The number of rotatable bonds is 4. The van der Waals surface area contributed by atoms with E-state index in [1.165, 1.54) is 0 Å². The molecule has 2 aliphatic heterocycles.